The van der Waals surface area contributed by atoms with Crippen LogP contribution >= 0.6 is 0 Å². The Kier molecular flexibility index (Phi) is 7.56. The number of benzene rings is 7. The molecule has 0 saturated carbocycles. The Morgan fingerprint density at radius 3 is 1.93 bits per heavy atom. The van der Waals surface area contributed by atoms with Crippen molar-refractivity contribution in [2.45, 2.75) is 6.92 Å². The highest BCUT2D eigenvalue weighted by molar-refractivity contribution is 6.15. The average Bonchev–Trinajstić information content (AvgIpc) is 3.89. The molecule has 0 saturated heterocycles. The third-order valence-corrected chi connectivity index (χ3v) is 11.0. The molecule has 0 bridgehead atoms. The van der Waals surface area contributed by atoms with Gasteiger partial charge in [-0.15, -0.1) is 0 Å². The Bertz CT molecular complexity index is 3370. The van der Waals surface area contributed by atoms with Crippen LogP contribution in [-0.2, 0) is 0 Å². The molecular weight excluding hydrogens is 683 g/mol. The predicted octanol–water partition coefficient (Wildman–Crippen LogP) is 12.9. The van der Waals surface area contributed by atoms with Gasteiger partial charge in [0, 0.05) is 43.7 Å². The molecule has 3 aromatic heterocycles. The Morgan fingerprint density at radius 2 is 1.18 bits per heavy atom. The topological polar surface area (TPSA) is 62.4 Å². The fourth-order valence-electron chi connectivity index (χ4n) is 8.78. The van der Waals surface area contributed by atoms with E-state index in [0.717, 1.165) is 94.0 Å². The summed E-state index contributed by atoms with van der Waals surface area (Å²) >= 11 is 0. The molecule has 5 heteroatoms. The molecule has 0 atom stereocenters. The molecule has 10 rings (SSSR count). The first-order valence-corrected chi connectivity index (χ1v) is 18.6. The van der Waals surface area contributed by atoms with Gasteiger partial charge in [-0.2, -0.15) is 10.5 Å². The van der Waals surface area contributed by atoms with Gasteiger partial charge >= 0.3 is 0 Å². The Labute approximate surface area is 323 Å². The van der Waals surface area contributed by atoms with E-state index in [1.54, 1.807) is 0 Å². The van der Waals surface area contributed by atoms with Gasteiger partial charge in [0.1, 0.15) is 6.07 Å². The highest BCUT2D eigenvalue weighted by Crippen LogP contribution is 2.42. The normalized spacial score (nSPS) is 11.6. The lowest BCUT2D eigenvalue weighted by molar-refractivity contribution is 1.12. The van der Waals surface area contributed by atoms with Crippen LogP contribution in [0.2, 0.25) is 0 Å². The number of nitrogens with zero attached hydrogens (tertiary/aromatic N) is 5. The van der Waals surface area contributed by atoms with E-state index in [9.17, 15) is 10.5 Å². The second kappa shape index (κ2) is 12.9. The molecule has 10 aromatic rings. The van der Waals surface area contributed by atoms with E-state index >= 15 is 0 Å². The summed E-state index contributed by atoms with van der Waals surface area (Å²) in [5, 5.41) is 26.3. The molecular formula is C51H33N5. The minimum absolute atomic E-state index is 0.552. The molecule has 0 spiro atoms. The first kappa shape index (κ1) is 32.8. The summed E-state index contributed by atoms with van der Waals surface area (Å²) in [5.74, 6) is 0. The summed E-state index contributed by atoms with van der Waals surface area (Å²) in [7, 11) is 0. The van der Waals surface area contributed by atoms with Crippen LogP contribution in [0.25, 0.3) is 94.9 Å². The SMILES string of the molecule is C=Cc1c(/C=C\C)c2ccccc2n1-c1cccc2c1c1ccccc1n2-c1cc(C#N)cc(-c2ccccc2-n2c3ccccc3c3cccc(C#N)c32)c1. The molecule has 0 amide bonds. The fraction of sp³-hybridized carbons (Fsp3) is 0.0196. The van der Waals surface area contributed by atoms with Gasteiger partial charge in [-0.25, -0.2) is 0 Å². The van der Waals surface area contributed by atoms with Gasteiger partial charge in [-0.1, -0.05) is 110 Å². The number of hydrogen-bond donors (Lipinski definition) is 0. The van der Waals surface area contributed by atoms with Gasteiger partial charge in [0.2, 0.25) is 0 Å². The van der Waals surface area contributed by atoms with Gasteiger partial charge < -0.3 is 13.7 Å². The lowest BCUT2D eigenvalue weighted by atomic mass is 10.00. The third kappa shape index (κ3) is 4.72. The molecule has 0 aliphatic carbocycles. The maximum Gasteiger partial charge on any atom is 0.101 e. The van der Waals surface area contributed by atoms with Crippen LogP contribution in [-0.4, -0.2) is 13.7 Å². The lowest BCUT2D eigenvalue weighted by Crippen LogP contribution is -2.01. The Balaban J connectivity index is 1.26. The second-order valence-corrected chi connectivity index (χ2v) is 13.9. The van der Waals surface area contributed by atoms with E-state index in [-0.39, 0.29) is 0 Å². The molecule has 0 radical (unpaired) electrons. The number of nitriles is 2. The smallest absolute Gasteiger partial charge is 0.101 e. The van der Waals surface area contributed by atoms with Crippen LogP contribution in [0, 0.1) is 22.7 Å². The van der Waals surface area contributed by atoms with Crippen molar-refractivity contribution < 1.29 is 0 Å². The molecule has 262 valence electrons. The van der Waals surface area contributed by atoms with E-state index in [0.29, 0.717) is 11.1 Å². The summed E-state index contributed by atoms with van der Waals surface area (Å²) < 4.78 is 6.80. The van der Waals surface area contributed by atoms with Gasteiger partial charge in [-0.05, 0) is 79.2 Å². The van der Waals surface area contributed by atoms with Gasteiger partial charge in [0.15, 0.2) is 0 Å². The van der Waals surface area contributed by atoms with E-state index in [2.05, 4.69) is 148 Å². The molecule has 0 fully saturated rings. The zero-order valence-corrected chi connectivity index (χ0v) is 30.6. The van der Waals surface area contributed by atoms with Gasteiger partial charge in [0.25, 0.3) is 0 Å². The van der Waals surface area contributed by atoms with E-state index in [1.165, 1.54) is 0 Å². The van der Waals surface area contributed by atoms with Crippen molar-refractivity contribution in [3.05, 3.63) is 187 Å². The van der Waals surface area contributed by atoms with Crippen LogP contribution in [0.1, 0.15) is 29.3 Å². The second-order valence-electron chi connectivity index (χ2n) is 13.9. The monoisotopic (exact) mass is 715 g/mol. The third-order valence-electron chi connectivity index (χ3n) is 11.0. The van der Waals surface area contributed by atoms with Crippen molar-refractivity contribution in [3.63, 3.8) is 0 Å². The van der Waals surface area contributed by atoms with Crippen LogP contribution < -0.4 is 0 Å². The van der Waals surface area contributed by atoms with Crippen LogP contribution in [0.3, 0.4) is 0 Å². The standard InChI is InChI=1S/C51H33N5/c1-3-15-38-39-18-6-10-23-45(39)55(43(38)4-2)49-27-14-26-48-50(49)42-20-8-12-25-47(42)54(48)36-29-33(31-52)28-35(30-36)37-17-5-9-22-44(37)56-46-24-11-7-19-40(46)41-21-13-16-34(32-53)51(41)56/h3-30H,2H2,1H3/b15-3-. The maximum absolute atomic E-state index is 10.5. The number of hydrogen-bond acceptors (Lipinski definition) is 2. The van der Waals surface area contributed by atoms with E-state index in [1.807, 2.05) is 61.5 Å². The highest BCUT2D eigenvalue weighted by atomic mass is 15.0. The quantitative estimate of drug-likeness (QED) is 0.172. The molecule has 0 aliphatic rings. The van der Waals surface area contributed by atoms with Crippen molar-refractivity contribution in [3.8, 4) is 40.3 Å². The molecule has 56 heavy (non-hydrogen) atoms. The lowest BCUT2D eigenvalue weighted by Gasteiger charge is -2.16. The molecule has 7 aromatic carbocycles. The molecule has 5 nitrogen and oxygen atoms in total. The average molecular weight is 716 g/mol. The van der Waals surface area contributed by atoms with Gasteiger partial charge in [-0.3, -0.25) is 0 Å². The van der Waals surface area contributed by atoms with E-state index < -0.39 is 0 Å². The minimum atomic E-state index is 0.552. The Morgan fingerprint density at radius 1 is 0.554 bits per heavy atom. The van der Waals surface area contributed by atoms with Crippen molar-refractivity contribution in [1.82, 2.24) is 13.7 Å². The largest absolute Gasteiger partial charge is 0.309 e. The highest BCUT2D eigenvalue weighted by Gasteiger charge is 2.22. The summed E-state index contributed by atoms with van der Waals surface area (Å²) in [6, 6.07) is 57.0. The molecule has 3 heterocycles. The molecule has 0 aliphatic heterocycles. The number of para-hydroxylation sites is 5. The summed E-state index contributed by atoms with van der Waals surface area (Å²) in [5.41, 5.74) is 13.1. The summed E-state index contributed by atoms with van der Waals surface area (Å²) in [4.78, 5) is 0. The summed E-state index contributed by atoms with van der Waals surface area (Å²) in [6.45, 7) is 6.31. The number of rotatable bonds is 6. The predicted molar refractivity (Wildman–Crippen MR) is 232 cm³/mol. The number of allylic oxidation sites excluding steroid dienone is 1. The zero-order valence-electron chi connectivity index (χ0n) is 30.6. The van der Waals surface area contributed by atoms with Crippen LogP contribution in [0.5, 0.6) is 0 Å². The van der Waals surface area contributed by atoms with Crippen molar-refractivity contribution >= 4 is 66.7 Å². The fourth-order valence-corrected chi connectivity index (χ4v) is 8.78. The zero-order chi connectivity index (χ0) is 37.9. The van der Waals surface area contributed by atoms with Crippen LogP contribution in [0.15, 0.2) is 164 Å². The molecule has 0 N–H and O–H groups in total. The Hall–Kier alpha value is -7.86. The molecule has 0 unspecified atom stereocenters. The van der Waals surface area contributed by atoms with Crippen LogP contribution in [0.4, 0.5) is 0 Å². The first-order valence-electron chi connectivity index (χ1n) is 18.6. The van der Waals surface area contributed by atoms with Crippen molar-refractivity contribution in [1.29, 1.82) is 10.5 Å². The number of aromatic nitrogens is 3. The maximum atomic E-state index is 10.5. The van der Waals surface area contributed by atoms with Crippen molar-refractivity contribution in [2.24, 2.45) is 0 Å². The number of fused-ring (bicyclic) bond motifs is 7. The minimum Gasteiger partial charge on any atom is -0.309 e. The first-order chi connectivity index (χ1) is 27.6. The van der Waals surface area contributed by atoms with Gasteiger partial charge in [0.05, 0.1) is 61.8 Å². The summed E-state index contributed by atoms with van der Waals surface area (Å²) in [6.07, 6.45) is 6.18. The van der Waals surface area contributed by atoms with E-state index in [4.69, 9.17) is 0 Å². The van der Waals surface area contributed by atoms with Crippen molar-refractivity contribution in [2.75, 3.05) is 0 Å².